The standard InChI is InChI=1S/C9H17N3S/c1-7(10-4-5-13-3)9-6-11-12-8(9)2/h6-7,10H,4-5H2,1-3H3,(H,11,12). The Kier molecular flexibility index (Phi) is 4.32. The van der Waals surface area contributed by atoms with Gasteiger partial charge >= 0.3 is 0 Å². The van der Waals surface area contributed by atoms with Gasteiger partial charge in [-0.2, -0.15) is 16.9 Å². The molecule has 0 aliphatic carbocycles. The van der Waals surface area contributed by atoms with E-state index in [1.807, 2.05) is 18.0 Å². The molecule has 1 unspecified atom stereocenters. The van der Waals surface area contributed by atoms with Crippen molar-refractivity contribution in [3.05, 3.63) is 17.5 Å². The Morgan fingerprint density at radius 1 is 1.69 bits per heavy atom. The van der Waals surface area contributed by atoms with Crippen LogP contribution in [0.1, 0.15) is 24.2 Å². The van der Waals surface area contributed by atoms with Gasteiger partial charge in [0.2, 0.25) is 0 Å². The van der Waals surface area contributed by atoms with Crippen LogP contribution in [-0.4, -0.2) is 28.8 Å². The largest absolute Gasteiger partial charge is 0.309 e. The first kappa shape index (κ1) is 10.6. The van der Waals surface area contributed by atoms with Gasteiger partial charge in [-0.05, 0) is 20.1 Å². The van der Waals surface area contributed by atoms with E-state index in [-0.39, 0.29) is 0 Å². The number of rotatable bonds is 5. The first-order valence-electron chi connectivity index (χ1n) is 4.48. The number of hydrogen-bond donors (Lipinski definition) is 2. The van der Waals surface area contributed by atoms with Crippen LogP contribution in [0.2, 0.25) is 0 Å². The number of aryl methyl sites for hydroxylation is 1. The predicted octanol–water partition coefficient (Wildman–Crippen LogP) is 1.73. The Morgan fingerprint density at radius 2 is 2.46 bits per heavy atom. The second-order valence-electron chi connectivity index (χ2n) is 3.12. The molecule has 0 aliphatic rings. The third-order valence-corrected chi connectivity index (χ3v) is 2.70. The van der Waals surface area contributed by atoms with Gasteiger partial charge in [0.25, 0.3) is 0 Å². The van der Waals surface area contributed by atoms with Crippen molar-refractivity contribution in [3.8, 4) is 0 Å². The van der Waals surface area contributed by atoms with E-state index in [2.05, 4.69) is 35.6 Å². The lowest BCUT2D eigenvalue weighted by molar-refractivity contribution is 0.599. The SMILES string of the molecule is CSCCNC(C)c1cn[nH]c1C. The molecular formula is C9H17N3S. The number of aromatic amines is 1. The van der Waals surface area contributed by atoms with Gasteiger partial charge in [-0.25, -0.2) is 0 Å². The van der Waals surface area contributed by atoms with E-state index in [1.165, 1.54) is 5.56 Å². The Labute approximate surface area is 83.7 Å². The number of thioether (sulfide) groups is 1. The lowest BCUT2D eigenvalue weighted by atomic mass is 10.1. The minimum Gasteiger partial charge on any atom is -0.309 e. The summed E-state index contributed by atoms with van der Waals surface area (Å²) in [5.41, 5.74) is 2.42. The smallest absolute Gasteiger partial charge is 0.0537 e. The Balaban J connectivity index is 2.39. The van der Waals surface area contributed by atoms with E-state index in [4.69, 9.17) is 0 Å². The molecule has 0 saturated heterocycles. The average molecular weight is 199 g/mol. The Bertz CT molecular complexity index is 247. The van der Waals surface area contributed by atoms with Crippen LogP contribution in [0.4, 0.5) is 0 Å². The van der Waals surface area contributed by atoms with Crippen LogP contribution in [0.25, 0.3) is 0 Å². The van der Waals surface area contributed by atoms with Crippen LogP contribution < -0.4 is 5.32 Å². The molecule has 1 rings (SSSR count). The fourth-order valence-electron chi connectivity index (χ4n) is 1.28. The van der Waals surface area contributed by atoms with E-state index in [9.17, 15) is 0 Å². The Hall–Kier alpha value is -0.480. The zero-order valence-electron chi connectivity index (χ0n) is 8.42. The summed E-state index contributed by atoms with van der Waals surface area (Å²) in [7, 11) is 0. The van der Waals surface area contributed by atoms with Gasteiger partial charge < -0.3 is 5.32 Å². The quantitative estimate of drug-likeness (QED) is 0.710. The van der Waals surface area contributed by atoms with E-state index < -0.39 is 0 Å². The van der Waals surface area contributed by atoms with Crippen molar-refractivity contribution in [2.45, 2.75) is 19.9 Å². The second kappa shape index (κ2) is 5.29. The van der Waals surface area contributed by atoms with Crippen molar-refractivity contribution < 1.29 is 0 Å². The highest BCUT2D eigenvalue weighted by atomic mass is 32.2. The molecule has 0 spiro atoms. The van der Waals surface area contributed by atoms with E-state index >= 15 is 0 Å². The monoisotopic (exact) mass is 199 g/mol. The van der Waals surface area contributed by atoms with Crippen LogP contribution in [0.3, 0.4) is 0 Å². The summed E-state index contributed by atoms with van der Waals surface area (Å²) < 4.78 is 0. The summed E-state index contributed by atoms with van der Waals surface area (Å²) in [5, 5.41) is 10.4. The lowest BCUT2D eigenvalue weighted by Crippen LogP contribution is -2.21. The predicted molar refractivity (Wildman–Crippen MR) is 58.1 cm³/mol. The van der Waals surface area contributed by atoms with Crippen molar-refractivity contribution in [1.29, 1.82) is 0 Å². The van der Waals surface area contributed by atoms with Gasteiger partial charge in [-0.1, -0.05) is 0 Å². The van der Waals surface area contributed by atoms with E-state index in [0.29, 0.717) is 6.04 Å². The molecule has 13 heavy (non-hydrogen) atoms. The maximum absolute atomic E-state index is 4.00. The molecule has 1 atom stereocenters. The van der Waals surface area contributed by atoms with Crippen LogP contribution in [0.5, 0.6) is 0 Å². The van der Waals surface area contributed by atoms with Gasteiger partial charge in [0, 0.05) is 29.6 Å². The minimum absolute atomic E-state index is 0.394. The molecule has 3 nitrogen and oxygen atoms in total. The van der Waals surface area contributed by atoms with E-state index in [0.717, 1.165) is 18.0 Å². The van der Waals surface area contributed by atoms with Gasteiger partial charge in [-0.15, -0.1) is 0 Å². The molecule has 0 aliphatic heterocycles. The number of aromatic nitrogens is 2. The molecule has 2 N–H and O–H groups in total. The summed E-state index contributed by atoms with van der Waals surface area (Å²) >= 11 is 1.86. The van der Waals surface area contributed by atoms with Crippen LogP contribution >= 0.6 is 11.8 Å². The molecule has 0 bridgehead atoms. The van der Waals surface area contributed by atoms with Crippen molar-refractivity contribution in [3.63, 3.8) is 0 Å². The molecular weight excluding hydrogens is 182 g/mol. The third kappa shape index (κ3) is 3.04. The fourth-order valence-corrected chi connectivity index (χ4v) is 1.61. The fraction of sp³-hybridized carbons (Fsp3) is 0.667. The summed E-state index contributed by atoms with van der Waals surface area (Å²) in [5.74, 6) is 1.15. The summed E-state index contributed by atoms with van der Waals surface area (Å²) in [4.78, 5) is 0. The molecule has 0 fully saturated rings. The maximum Gasteiger partial charge on any atom is 0.0537 e. The van der Waals surface area contributed by atoms with Crippen molar-refractivity contribution in [2.75, 3.05) is 18.6 Å². The minimum atomic E-state index is 0.394. The first-order chi connectivity index (χ1) is 6.25. The second-order valence-corrected chi connectivity index (χ2v) is 4.10. The summed E-state index contributed by atoms with van der Waals surface area (Å²) in [6.45, 7) is 5.26. The summed E-state index contributed by atoms with van der Waals surface area (Å²) in [6.07, 6.45) is 4.02. The van der Waals surface area contributed by atoms with Gasteiger partial charge in [0.15, 0.2) is 0 Å². The molecule has 0 saturated carbocycles. The molecule has 1 heterocycles. The van der Waals surface area contributed by atoms with Gasteiger partial charge in [0.1, 0.15) is 0 Å². The highest BCUT2D eigenvalue weighted by Gasteiger charge is 2.08. The number of nitrogens with zero attached hydrogens (tertiary/aromatic N) is 1. The molecule has 1 aromatic rings. The topological polar surface area (TPSA) is 40.7 Å². The highest BCUT2D eigenvalue weighted by molar-refractivity contribution is 7.98. The average Bonchev–Trinajstić information content (AvgIpc) is 2.52. The van der Waals surface area contributed by atoms with Crippen molar-refractivity contribution in [2.24, 2.45) is 0 Å². The van der Waals surface area contributed by atoms with Crippen LogP contribution in [0, 0.1) is 6.92 Å². The third-order valence-electron chi connectivity index (χ3n) is 2.09. The number of nitrogens with one attached hydrogen (secondary N) is 2. The van der Waals surface area contributed by atoms with Gasteiger partial charge in [-0.3, -0.25) is 5.10 Å². The number of H-pyrrole nitrogens is 1. The molecule has 74 valence electrons. The zero-order chi connectivity index (χ0) is 9.68. The van der Waals surface area contributed by atoms with Crippen LogP contribution in [-0.2, 0) is 0 Å². The lowest BCUT2D eigenvalue weighted by Gasteiger charge is -2.12. The van der Waals surface area contributed by atoms with Gasteiger partial charge in [0.05, 0.1) is 6.20 Å². The molecule has 0 radical (unpaired) electrons. The maximum atomic E-state index is 4.00. The highest BCUT2D eigenvalue weighted by Crippen LogP contribution is 2.13. The zero-order valence-corrected chi connectivity index (χ0v) is 9.24. The van der Waals surface area contributed by atoms with E-state index in [1.54, 1.807) is 0 Å². The molecule has 0 amide bonds. The number of hydrogen-bond acceptors (Lipinski definition) is 3. The Morgan fingerprint density at radius 3 is 3.00 bits per heavy atom. The normalized spacial score (nSPS) is 13.2. The van der Waals surface area contributed by atoms with Crippen LogP contribution in [0.15, 0.2) is 6.20 Å². The molecule has 4 heteroatoms. The molecule has 0 aromatic carbocycles. The molecule has 1 aromatic heterocycles. The van der Waals surface area contributed by atoms with Crippen molar-refractivity contribution >= 4 is 11.8 Å². The van der Waals surface area contributed by atoms with Crippen molar-refractivity contribution in [1.82, 2.24) is 15.5 Å². The first-order valence-corrected chi connectivity index (χ1v) is 5.87. The summed E-state index contributed by atoms with van der Waals surface area (Å²) in [6, 6.07) is 0.394.